The summed E-state index contributed by atoms with van der Waals surface area (Å²) in [6, 6.07) is 0. The highest BCUT2D eigenvalue weighted by molar-refractivity contribution is 7.89. The summed E-state index contributed by atoms with van der Waals surface area (Å²) >= 11 is 1.64. The van der Waals surface area contributed by atoms with Crippen LogP contribution in [0.4, 0.5) is 0 Å². The first-order chi connectivity index (χ1) is 9.18. The second-order valence-corrected chi connectivity index (χ2v) is 8.66. The Morgan fingerprint density at radius 2 is 2.00 bits per heavy atom. The number of hydrogen-bond donors (Lipinski definition) is 0. The Morgan fingerprint density at radius 1 is 1.21 bits per heavy atom. The minimum absolute atomic E-state index is 0.123. The first-order valence-corrected chi connectivity index (χ1v) is 9.44. The minimum atomic E-state index is -3.08. The lowest BCUT2D eigenvalue weighted by Crippen LogP contribution is -2.43. The van der Waals surface area contributed by atoms with Crippen molar-refractivity contribution in [3.05, 3.63) is 16.6 Å². The van der Waals surface area contributed by atoms with Crippen LogP contribution in [0.15, 0.2) is 11.6 Å². The van der Waals surface area contributed by atoms with Gasteiger partial charge in [-0.1, -0.05) is 12.8 Å². The average molecular weight is 300 g/mol. The molecule has 0 radical (unpaired) electrons. The van der Waals surface area contributed by atoms with Gasteiger partial charge in [0.15, 0.2) is 0 Å². The summed E-state index contributed by atoms with van der Waals surface area (Å²) in [6.07, 6.45) is 7.65. The Balaban J connectivity index is 1.74. The maximum atomic E-state index is 12.6. The van der Waals surface area contributed by atoms with Gasteiger partial charge >= 0.3 is 0 Å². The number of nitrogens with zero attached hydrogens (tertiary/aromatic N) is 2. The van der Waals surface area contributed by atoms with Crippen molar-refractivity contribution >= 4 is 21.4 Å². The van der Waals surface area contributed by atoms with Crippen molar-refractivity contribution in [3.63, 3.8) is 0 Å². The Bertz CT molecular complexity index is 507. The molecular weight excluding hydrogens is 280 g/mol. The molecule has 0 amide bonds. The molecule has 0 aromatic carbocycles. The van der Waals surface area contributed by atoms with Crippen molar-refractivity contribution in [1.82, 2.24) is 9.29 Å². The molecule has 1 aliphatic carbocycles. The number of sulfonamides is 1. The fourth-order valence-electron chi connectivity index (χ4n) is 3.21. The maximum absolute atomic E-state index is 12.6. The third-order valence-electron chi connectivity index (χ3n) is 4.27. The molecule has 1 atom stereocenters. The zero-order valence-electron chi connectivity index (χ0n) is 11.0. The smallest absolute Gasteiger partial charge is 0.217 e. The van der Waals surface area contributed by atoms with E-state index in [1.807, 2.05) is 11.6 Å². The first kappa shape index (κ1) is 13.5. The van der Waals surface area contributed by atoms with Gasteiger partial charge in [-0.2, -0.15) is 0 Å². The third kappa shape index (κ3) is 2.71. The lowest BCUT2D eigenvalue weighted by molar-refractivity contribution is 0.311. The van der Waals surface area contributed by atoms with Crippen molar-refractivity contribution < 1.29 is 8.42 Å². The highest BCUT2D eigenvalue weighted by Crippen LogP contribution is 2.33. The Kier molecular flexibility index (Phi) is 3.91. The van der Waals surface area contributed by atoms with Gasteiger partial charge in [0.2, 0.25) is 10.0 Å². The number of thiazole rings is 1. The fourth-order valence-corrected chi connectivity index (χ4v) is 6.10. The van der Waals surface area contributed by atoms with Crippen molar-refractivity contribution in [3.8, 4) is 0 Å². The van der Waals surface area contributed by atoms with Crippen LogP contribution in [-0.2, 0) is 10.0 Å². The summed E-state index contributed by atoms with van der Waals surface area (Å²) in [4.78, 5) is 4.35. The number of aromatic nitrogens is 1. The molecule has 2 fully saturated rings. The SMILES string of the molecule is O=S(=O)(C1CCCC1)N1CCC[C@H](c2nccs2)C1. The Morgan fingerprint density at radius 3 is 2.68 bits per heavy atom. The van der Waals surface area contributed by atoms with Crippen LogP contribution in [0.2, 0.25) is 0 Å². The van der Waals surface area contributed by atoms with E-state index in [2.05, 4.69) is 4.98 Å². The van der Waals surface area contributed by atoms with Crippen molar-refractivity contribution in [2.75, 3.05) is 13.1 Å². The predicted octanol–water partition coefficient (Wildman–Crippen LogP) is 2.59. The van der Waals surface area contributed by atoms with Gasteiger partial charge in [-0.05, 0) is 25.7 Å². The van der Waals surface area contributed by atoms with Crippen LogP contribution in [0.3, 0.4) is 0 Å². The largest absolute Gasteiger partial charge is 0.249 e. The number of hydrogen-bond acceptors (Lipinski definition) is 4. The summed E-state index contributed by atoms with van der Waals surface area (Å²) in [5.41, 5.74) is 0. The van der Waals surface area contributed by atoms with Crippen LogP contribution in [0.5, 0.6) is 0 Å². The molecule has 0 bridgehead atoms. The van der Waals surface area contributed by atoms with Crippen LogP contribution in [0.25, 0.3) is 0 Å². The molecule has 19 heavy (non-hydrogen) atoms. The highest BCUT2D eigenvalue weighted by atomic mass is 32.2. The molecular formula is C13H20N2O2S2. The molecule has 1 aliphatic heterocycles. The maximum Gasteiger partial charge on any atom is 0.217 e. The van der Waals surface area contributed by atoms with E-state index >= 15 is 0 Å². The Labute approximate surface area is 118 Å². The standard InChI is InChI=1S/C13H20N2O2S2/c16-19(17,12-5-1-2-6-12)15-8-3-4-11(10-15)13-14-7-9-18-13/h7,9,11-12H,1-6,8,10H2/t11-/m0/s1. The van der Waals surface area contributed by atoms with Crippen molar-refractivity contribution in [1.29, 1.82) is 0 Å². The average Bonchev–Trinajstić information content (AvgIpc) is 3.12. The van der Waals surface area contributed by atoms with Gasteiger partial charge in [-0.25, -0.2) is 17.7 Å². The minimum Gasteiger partial charge on any atom is -0.249 e. The summed E-state index contributed by atoms with van der Waals surface area (Å²) < 4.78 is 27.0. The summed E-state index contributed by atoms with van der Waals surface area (Å²) in [7, 11) is -3.08. The zero-order valence-corrected chi connectivity index (χ0v) is 12.6. The molecule has 1 aromatic heterocycles. The monoisotopic (exact) mass is 300 g/mol. The van der Waals surface area contributed by atoms with E-state index in [1.54, 1.807) is 15.6 Å². The predicted molar refractivity (Wildman–Crippen MR) is 76.8 cm³/mol. The normalized spacial score (nSPS) is 26.8. The van der Waals surface area contributed by atoms with Gasteiger partial charge in [0.05, 0.1) is 10.3 Å². The van der Waals surface area contributed by atoms with E-state index < -0.39 is 10.0 Å². The van der Waals surface area contributed by atoms with Gasteiger partial charge in [0, 0.05) is 30.6 Å². The van der Waals surface area contributed by atoms with Crippen molar-refractivity contribution in [2.45, 2.75) is 49.7 Å². The lowest BCUT2D eigenvalue weighted by Gasteiger charge is -2.32. The van der Waals surface area contributed by atoms with E-state index in [9.17, 15) is 8.42 Å². The van der Waals surface area contributed by atoms with E-state index in [4.69, 9.17) is 0 Å². The molecule has 2 aliphatic rings. The van der Waals surface area contributed by atoms with Crippen LogP contribution < -0.4 is 0 Å². The first-order valence-electron chi connectivity index (χ1n) is 7.06. The zero-order chi connectivity index (χ0) is 13.3. The molecule has 1 saturated carbocycles. The van der Waals surface area contributed by atoms with E-state index in [0.29, 0.717) is 19.0 Å². The molecule has 0 N–H and O–H groups in total. The molecule has 2 heterocycles. The van der Waals surface area contributed by atoms with Gasteiger partial charge in [-0.3, -0.25) is 0 Å². The molecule has 0 spiro atoms. The molecule has 3 rings (SSSR count). The van der Waals surface area contributed by atoms with E-state index in [1.165, 1.54) is 0 Å². The van der Waals surface area contributed by atoms with Crippen LogP contribution in [-0.4, -0.2) is 36.0 Å². The van der Waals surface area contributed by atoms with Crippen molar-refractivity contribution in [2.24, 2.45) is 0 Å². The fraction of sp³-hybridized carbons (Fsp3) is 0.769. The van der Waals surface area contributed by atoms with Crippen LogP contribution >= 0.6 is 11.3 Å². The van der Waals surface area contributed by atoms with Crippen LogP contribution in [0, 0.1) is 0 Å². The number of rotatable bonds is 3. The third-order valence-corrected chi connectivity index (χ3v) is 7.57. The summed E-state index contributed by atoms with van der Waals surface area (Å²) in [6.45, 7) is 1.33. The molecule has 0 unspecified atom stereocenters. The van der Waals surface area contributed by atoms with Gasteiger partial charge in [-0.15, -0.1) is 11.3 Å². The highest BCUT2D eigenvalue weighted by Gasteiger charge is 2.37. The second kappa shape index (κ2) is 5.50. The van der Waals surface area contributed by atoms with Gasteiger partial charge in [0.1, 0.15) is 0 Å². The quantitative estimate of drug-likeness (QED) is 0.862. The number of piperidine rings is 1. The van der Waals surface area contributed by atoms with Crippen LogP contribution in [0.1, 0.15) is 49.5 Å². The molecule has 6 heteroatoms. The topological polar surface area (TPSA) is 50.3 Å². The Hall–Kier alpha value is -0.460. The van der Waals surface area contributed by atoms with E-state index in [0.717, 1.165) is 43.5 Å². The summed E-state index contributed by atoms with van der Waals surface area (Å²) in [5.74, 6) is 0.296. The molecule has 106 valence electrons. The lowest BCUT2D eigenvalue weighted by atomic mass is 10.0. The molecule has 4 nitrogen and oxygen atoms in total. The van der Waals surface area contributed by atoms with Gasteiger partial charge in [0.25, 0.3) is 0 Å². The molecule has 1 aromatic rings. The van der Waals surface area contributed by atoms with Gasteiger partial charge < -0.3 is 0 Å². The second-order valence-electron chi connectivity index (χ2n) is 5.52. The summed E-state index contributed by atoms with van der Waals surface area (Å²) in [5, 5.41) is 2.94. The molecule has 1 saturated heterocycles. The van der Waals surface area contributed by atoms with E-state index in [-0.39, 0.29) is 5.25 Å².